The lowest BCUT2D eigenvalue weighted by atomic mass is 10.1. The van der Waals surface area contributed by atoms with E-state index in [1.54, 1.807) is 6.07 Å². The van der Waals surface area contributed by atoms with Crippen molar-refractivity contribution >= 4 is 11.7 Å². The number of nitriles is 1. The zero-order chi connectivity index (χ0) is 12.0. The number of carboxylic acids is 1. The molecule has 2 N–H and O–H groups in total. The fourth-order valence-electron chi connectivity index (χ4n) is 1.34. The summed E-state index contributed by atoms with van der Waals surface area (Å²) in [5.74, 6) is -0.922. The molecular formula is C11H13N3O2. The Hall–Kier alpha value is -2.09. The minimum atomic E-state index is -0.922. The smallest absolute Gasteiger partial charge is 0.326 e. The van der Waals surface area contributed by atoms with Gasteiger partial charge in [-0.3, -0.25) is 4.98 Å². The van der Waals surface area contributed by atoms with E-state index in [-0.39, 0.29) is 0 Å². The Morgan fingerprint density at radius 3 is 3.06 bits per heavy atom. The third-order valence-corrected chi connectivity index (χ3v) is 2.15. The number of aliphatic carboxylic acids is 1. The summed E-state index contributed by atoms with van der Waals surface area (Å²) in [6, 6.07) is 2.86. The lowest BCUT2D eigenvalue weighted by molar-refractivity contribution is -0.138. The molecule has 1 aromatic rings. The van der Waals surface area contributed by atoms with E-state index >= 15 is 0 Å². The fourth-order valence-corrected chi connectivity index (χ4v) is 1.34. The number of nitrogens with zero attached hydrogens (tertiary/aromatic N) is 2. The van der Waals surface area contributed by atoms with Gasteiger partial charge in [-0.1, -0.05) is 13.3 Å². The van der Waals surface area contributed by atoms with E-state index in [4.69, 9.17) is 10.4 Å². The first-order valence-electron chi connectivity index (χ1n) is 5.02. The highest BCUT2D eigenvalue weighted by Gasteiger charge is 2.17. The van der Waals surface area contributed by atoms with Gasteiger partial charge in [0.1, 0.15) is 12.1 Å². The Balaban J connectivity index is 2.85. The summed E-state index contributed by atoms with van der Waals surface area (Å²) in [6.07, 6.45) is 4.23. The summed E-state index contributed by atoms with van der Waals surface area (Å²) in [4.78, 5) is 14.8. The molecule has 0 fully saturated rings. The predicted octanol–water partition coefficient (Wildman–Crippen LogP) is 1.62. The van der Waals surface area contributed by atoms with Crippen LogP contribution in [0.4, 0.5) is 5.69 Å². The number of anilines is 1. The highest BCUT2D eigenvalue weighted by molar-refractivity contribution is 5.78. The molecule has 0 saturated carbocycles. The van der Waals surface area contributed by atoms with Crippen molar-refractivity contribution in [3.8, 4) is 6.07 Å². The maximum atomic E-state index is 10.9. The van der Waals surface area contributed by atoms with Crippen LogP contribution in [0.1, 0.15) is 25.3 Å². The summed E-state index contributed by atoms with van der Waals surface area (Å²) < 4.78 is 0. The number of rotatable bonds is 5. The minimum absolute atomic E-state index is 0.400. The van der Waals surface area contributed by atoms with Crippen LogP contribution in [0.25, 0.3) is 0 Å². The Morgan fingerprint density at radius 2 is 2.50 bits per heavy atom. The van der Waals surface area contributed by atoms with Gasteiger partial charge in [0.05, 0.1) is 17.4 Å². The molecule has 1 atom stereocenters. The topological polar surface area (TPSA) is 86.0 Å². The van der Waals surface area contributed by atoms with Crippen molar-refractivity contribution < 1.29 is 9.90 Å². The molecule has 1 unspecified atom stereocenters. The van der Waals surface area contributed by atoms with Gasteiger partial charge in [-0.2, -0.15) is 5.26 Å². The highest BCUT2D eigenvalue weighted by atomic mass is 16.4. The van der Waals surface area contributed by atoms with Crippen LogP contribution in [0.2, 0.25) is 0 Å². The molecule has 1 aromatic heterocycles. The Bertz CT molecular complexity index is 412. The Labute approximate surface area is 93.7 Å². The molecule has 0 aliphatic carbocycles. The van der Waals surface area contributed by atoms with Crippen LogP contribution in [0, 0.1) is 11.3 Å². The van der Waals surface area contributed by atoms with Crippen LogP contribution in [0.5, 0.6) is 0 Å². The number of hydrogen-bond donors (Lipinski definition) is 2. The SMILES string of the molecule is CCCC(Nc1cnccc1C#N)C(=O)O. The van der Waals surface area contributed by atoms with Gasteiger partial charge < -0.3 is 10.4 Å². The van der Waals surface area contributed by atoms with E-state index in [2.05, 4.69) is 10.3 Å². The number of hydrogen-bond acceptors (Lipinski definition) is 4. The molecule has 0 spiro atoms. The molecule has 1 heterocycles. The normalized spacial score (nSPS) is 11.5. The molecule has 5 heteroatoms. The van der Waals surface area contributed by atoms with Crippen molar-refractivity contribution in [2.45, 2.75) is 25.8 Å². The zero-order valence-corrected chi connectivity index (χ0v) is 8.97. The van der Waals surface area contributed by atoms with Crippen LogP contribution in [0.3, 0.4) is 0 Å². The molecule has 5 nitrogen and oxygen atoms in total. The molecule has 0 aliphatic rings. The first-order valence-corrected chi connectivity index (χ1v) is 5.02. The zero-order valence-electron chi connectivity index (χ0n) is 8.97. The maximum Gasteiger partial charge on any atom is 0.326 e. The van der Waals surface area contributed by atoms with Crippen LogP contribution < -0.4 is 5.32 Å². The summed E-state index contributed by atoms with van der Waals surface area (Å²) in [5, 5.41) is 20.6. The number of carboxylic acid groups (broad SMARTS) is 1. The molecule has 0 bridgehead atoms. The van der Waals surface area contributed by atoms with Gasteiger partial charge in [-0.05, 0) is 12.5 Å². The van der Waals surface area contributed by atoms with E-state index < -0.39 is 12.0 Å². The van der Waals surface area contributed by atoms with Crippen molar-refractivity contribution in [1.29, 1.82) is 5.26 Å². The van der Waals surface area contributed by atoms with Crippen molar-refractivity contribution in [3.05, 3.63) is 24.0 Å². The average Bonchev–Trinajstić information content (AvgIpc) is 2.29. The highest BCUT2D eigenvalue weighted by Crippen LogP contribution is 2.14. The molecule has 0 saturated heterocycles. The largest absolute Gasteiger partial charge is 0.480 e. The van der Waals surface area contributed by atoms with Crippen LogP contribution in [0.15, 0.2) is 18.5 Å². The van der Waals surface area contributed by atoms with Gasteiger partial charge in [-0.15, -0.1) is 0 Å². The Morgan fingerprint density at radius 1 is 1.75 bits per heavy atom. The van der Waals surface area contributed by atoms with Gasteiger partial charge in [0.2, 0.25) is 0 Å². The quantitative estimate of drug-likeness (QED) is 0.785. The van der Waals surface area contributed by atoms with Crippen LogP contribution in [-0.4, -0.2) is 22.1 Å². The van der Waals surface area contributed by atoms with Gasteiger partial charge in [0.15, 0.2) is 0 Å². The van der Waals surface area contributed by atoms with E-state index in [9.17, 15) is 4.79 Å². The molecule has 0 amide bonds. The van der Waals surface area contributed by atoms with E-state index in [0.717, 1.165) is 6.42 Å². The second-order valence-electron chi connectivity index (χ2n) is 3.36. The molecule has 16 heavy (non-hydrogen) atoms. The van der Waals surface area contributed by atoms with E-state index in [0.29, 0.717) is 17.7 Å². The number of aromatic nitrogens is 1. The molecule has 1 rings (SSSR count). The van der Waals surface area contributed by atoms with Crippen molar-refractivity contribution in [2.24, 2.45) is 0 Å². The second-order valence-corrected chi connectivity index (χ2v) is 3.36. The lowest BCUT2D eigenvalue weighted by Crippen LogP contribution is -2.29. The third-order valence-electron chi connectivity index (χ3n) is 2.15. The van der Waals surface area contributed by atoms with Crippen molar-refractivity contribution in [1.82, 2.24) is 4.98 Å². The summed E-state index contributed by atoms with van der Waals surface area (Å²) in [5.41, 5.74) is 0.864. The van der Waals surface area contributed by atoms with E-state index in [1.165, 1.54) is 12.4 Å². The molecule has 84 valence electrons. The first-order chi connectivity index (χ1) is 7.69. The standard InChI is InChI=1S/C11H13N3O2/c1-2-3-9(11(15)16)14-10-7-13-5-4-8(10)6-12/h4-5,7,9,14H,2-3H2,1H3,(H,15,16). The van der Waals surface area contributed by atoms with Crippen LogP contribution in [-0.2, 0) is 4.79 Å². The molecular weight excluding hydrogens is 206 g/mol. The number of carbonyl (C=O) groups is 1. The molecule has 0 aliphatic heterocycles. The fraction of sp³-hybridized carbons (Fsp3) is 0.364. The minimum Gasteiger partial charge on any atom is -0.480 e. The van der Waals surface area contributed by atoms with Crippen molar-refractivity contribution in [2.75, 3.05) is 5.32 Å². The third kappa shape index (κ3) is 2.95. The summed E-state index contributed by atoms with van der Waals surface area (Å²) >= 11 is 0. The second kappa shape index (κ2) is 5.71. The van der Waals surface area contributed by atoms with Gasteiger partial charge in [0.25, 0.3) is 0 Å². The van der Waals surface area contributed by atoms with Crippen LogP contribution >= 0.6 is 0 Å². The predicted molar refractivity (Wildman–Crippen MR) is 58.9 cm³/mol. The number of pyridine rings is 1. The average molecular weight is 219 g/mol. The van der Waals surface area contributed by atoms with Crippen molar-refractivity contribution in [3.63, 3.8) is 0 Å². The number of nitrogens with one attached hydrogen (secondary N) is 1. The summed E-state index contributed by atoms with van der Waals surface area (Å²) in [6.45, 7) is 1.91. The Kier molecular flexibility index (Phi) is 4.28. The van der Waals surface area contributed by atoms with Gasteiger partial charge in [0, 0.05) is 6.20 Å². The molecule has 0 aromatic carbocycles. The molecule has 0 radical (unpaired) electrons. The lowest BCUT2D eigenvalue weighted by Gasteiger charge is -2.15. The van der Waals surface area contributed by atoms with Gasteiger partial charge in [-0.25, -0.2) is 4.79 Å². The van der Waals surface area contributed by atoms with E-state index in [1.807, 2.05) is 13.0 Å². The first kappa shape index (κ1) is 12.0. The van der Waals surface area contributed by atoms with Gasteiger partial charge >= 0.3 is 5.97 Å². The maximum absolute atomic E-state index is 10.9. The monoisotopic (exact) mass is 219 g/mol. The summed E-state index contributed by atoms with van der Waals surface area (Å²) in [7, 11) is 0.